The summed E-state index contributed by atoms with van der Waals surface area (Å²) in [5, 5.41) is 2.64. The number of rotatable bonds is 4. The van der Waals surface area contributed by atoms with Crippen molar-refractivity contribution in [3.8, 4) is 11.1 Å². The van der Waals surface area contributed by atoms with Crippen LogP contribution in [-0.2, 0) is 9.59 Å². The van der Waals surface area contributed by atoms with Gasteiger partial charge in [-0.15, -0.1) is 6.58 Å². The van der Waals surface area contributed by atoms with Gasteiger partial charge in [-0.05, 0) is 41.9 Å². The first-order valence-electron chi connectivity index (χ1n) is 8.16. The number of hydrogen-bond donors (Lipinski definition) is 1. The van der Waals surface area contributed by atoms with E-state index in [0.717, 1.165) is 16.7 Å². The molecule has 1 aliphatic heterocycles. The molecule has 4 nitrogen and oxygen atoms in total. The highest BCUT2D eigenvalue weighted by atomic mass is 32.1. The van der Waals surface area contributed by atoms with E-state index >= 15 is 0 Å². The van der Waals surface area contributed by atoms with Gasteiger partial charge in [-0.1, -0.05) is 60.2 Å². The standard InChI is InChI=1S/C21H18N2O2S/c1-3-12-23-20(25)18(19(24)22-21(23)26)13-15-6-10-17(11-7-15)16-8-4-14(2)5-9-16/h3-11,13H,1,12H2,2H3,(H,22,24,26). The molecule has 1 aliphatic rings. The molecule has 0 bridgehead atoms. The summed E-state index contributed by atoms with van der Waals surface area (Å²) in [6.07, 6.45) is 3.14. The Hall–Kier alpha value is -3.05. The third-order valence-electron chi connectivity index (χ3n) is 4.10. The van der Waals surface area contributed by atoms with Crippen LogP contribution in [0.1, 0.15) is 11.1 Å². The summed E-state index contributed by atoms with van der Waals surface area (Å²) in [5.74, 6) is -0.899. The van der Waals surface area contributed by atoms with Crippen molar-refractivity contribution in [3.05, 3.63) is 77.9 Å². The number of benzene rings is 2. The molecule has 2 aromatic rings. The predicted octanol–water partition coefficient (Wildman–Crippen LogP) is 3.47. The number of hydrogen-bond acceptors (Lipinski definition) is 3. The molecule has 0 atom stereocenters. The Morgan fingerprint density at radius 2 is 1.62 bits per heavy atom. The molecular formula is C21H18N2O2S. The van der Waals surface area contributed by atoms with E-state index in [0.29, 0.717) is 0 Å². The monoisotopic (exact) mass is 362 g/mol. The van der Waals surface area contributed by atoms with Crippen LogP contribution in [0.3, 0.4) is 0 Å². The van der Waals surface area contributed by atoms with E-state index in [1.807, 2.05) is 31.2 Å². The van der Waals surface area contributed by atoms with Crippen LogP contribution in [0.15, 0.2) is 66.8 Å². The highest BCUT2D eigenvalue weighted by molar-refractivity contribution is 7.80. The van der Waals surface area contributed by atoms with Gasteiger partial charge in [0.15, 0.2) is 5.11 Å². The summed E-state index contributed by atoms with van der Waals surface area (Å²) in [7, 11) is 0. The second kappa shape index (κ2) is 7.45. The fourth-order valence-electron chi connectivity index (χ4n) is 2.67. The highest BCUT2D eigenvalue weighted by Gasteiger charge is 2.32. The Labute approximate surface area is 157 Å². The normalized spacial score (nSPS) is 16.0. The zero-order valence-electron chi connectivity index (χ0n) is 14.4. The summed E-state index contributed by atoms with van der Waals surface area (Å²) >= 11 is 5.04. The van der Waals surface area contributed by atoms with Crippen molar-refractivity contribution in [1.29, 1.82) is 0 Å². The van der Waals surface area contributed by atoms with E-state index in [1.54, 1.807) is 12.2 Å². The van der Waals surface area contributed by atoms with Crippen molar-refractivity contribution in [2.45, 2.75) is 6.92 Å². The minimum absolute atomic E-state index is 0.0588. The summed E-state index contributed by atoms with van der Waals surface area (Å²) in [6.45, 7) is 5.91. The zero-order valence-corrected chi connectivity index (χ0v) is 15.2. The first-order valence-corrected chi connectivity index (χ1v) is 8.57. The molecule has 1 fully saturated rings. The Morgan fingerprint density at radius 3 is 2.19 bits per heavy atom. The van der Waals surface area contributed by atoms with Crippen LogP contribution < -0.4 is 5.32 Å². The Kier molecular flexibility index (Phi) is 5.09. The summed E-state index contributed by atoms with van der Waals surface area (Å²) < 4.78 is 0. The van der Waals surface area contributed by atoms with E-state index in [2.05, 4.69) is 36.2 Å². The number of amides is 2. The average molecular weight is 362 g/mol. The van der Waals surface area contributed by atoms with E-state index in [4.69, 9.17) is 12.2 Å². The van der Waals surface area contributed by atoms with E-state index in [-0.39, 0.29) is 17.2 Å². The van der Waals surface area contributed by atoms with Crippen LogP contribution in [0, 0.1) is 6.92 Å². The van der Waals surface area contributed by atoms with Crippen LogP contribution >= 0.6 is 12.2 Å². The lowest BCUT2D eigenvalue weighted by atomic mass is 10.0. The van der Waals surface area contributed by atoms with Crippen molar-refractivity contribution in [2.24, 2.45) is 0 Å². The Balaban J connectivity index is 1.87. The molecule has 5 heteroatoms. The summed E-state index contributed by atoms with van der Waals surface area (Å²) in [6, 6.07) is 16.0. The Bertz CT molecular complexity index is 912. The lowest BCUT2D eigenvalue weighted by Gasteiger charge is -2.27. The molecule has 1 N–H and O–H groups in total. The van der Waals surface area contributed by atoms with Gasteiger partial charge in [0.05, 0.1) is 0 Å². The molecule has 0 aromatic heterocycles. The first-order chi connectivity index (χ1) is 12.5. The van der Waals surface area contributed by atoms with E-state index < -0.39 is 11.8 Å². The van der Waals surface area contributed by atoms with Gasteiger partial charge in [0.1, 0.15) is 5.57 Å². The fraction of sp³-hybridized carbons (Fsp3) is 0.0952. The molecule has 26 heavy (non-hydrogen) atoms. The molecule has 2 aromatic carbocycles. The lowest BCUT2D eigenvalue weighted by molar-refractivity contribution is -0.128. The third kappa shape index (κ3) is 3.63. The lowest BCUT2D eigenvalue weighted by Crippen LogP contribution is -2.53. The molecule has 0 saturated carbocycles. The van der Waals surface area contributed by atoms with Crippen molar-refractivity contribution in [2.75, 3.05) is 6.54 Å². The summed E-state index contributed by atoms with van der Waals surface area (Å²) in [4.78, 5) is 26.0. The van der Waals surface area contributed by atoms with Gasteiger partial charge in [0.2, 0.25) is 0 Å². The predicted molar refractivity (Wildman–Crippen MR) is 107 cm³/mol. The summed E-state index contributed by atoms with van der Waals surface area (Å²) in [5.41, 5.74) is 4.22. The van der Waals surface area contributed by atoms with Crippen LogP contribution in [0.2, 0.25) is 0 Å². The van der Waals surface area contributed by atoms with Gasteiger partial charge in [-0.2, -0.15) is 0 Å². The van der Waals surface area contributed by atoms with Gasteiger partial charge < -0.3 is 0 Å². The van der Waals surface area contributed by atoms with Crippen LogP contribution in [0.5, 0.6) is 0 Å². The smallest absolute Gasteiger partial charge is 0.265 e. The van der Waals surface area contributed by atoms with Gasteiger partial charge in [-0.3, -0.25) is 19.8 Å². The largest absolute Gasteiger partial charge is 0.298 e. The molecular weight excluding hydrogens is 344 g/mol. The minimum atomic E-state index is -0.483. The Morgan fingerprint density at radius 1 is 1.04 bits per heavy atom. The van der Waals surface area contributed by atoms with Gasteiger partial charge in [0.25, 0.3) is 11.8 Å². The van der Waals surface area contributed by atoms with Gasteiger partial charge in [0, 0.05) is 6.54 Å². The maximum Gasteiger partial charge on any atom is 0.265 e. The molecule has 130 valence electrons. The number of carbonyl (C=O) groups excluding carboxylic acids is 2. The number of nitrogens with zero attached hydrogens (tertiary/aromatic N) is 1. The molecule has 0 radical (unpaired) electrons. The SMILES string of the molecule is C=CCN1C(=O)C(=Cc2ccc(-c3ccc(C)cc3)cc2)C(=O)NC1=S. The third-order valence-corrected chi connectivity index (χ3v) is 4.43. The number of carbonyl (C=O) groups is 2. The maximum absolute atomic E-state index is 12.5. The van der Waals surface area contributed by atoms with Gasteiger partial charge in [-0.25, -0.2) is 0 Å². The van der Waals surface area contributed by atoms with Crippen molar-refractivity contribution < 1.29 is 9.59 Å². The van der Waals surface area contributed by atoms with Crippen LogP contribution in [0.25, 0.3) is 17.2 Å². The van der Waals surface area contributed by atoms with Crippen LogP contribution in [-0.4, -0.2) is 28.4 Å². The molecule has 0 spiro atoms. The minimum Gasteiger partial charge on any atom is -0.298 e. The number of thiocarbonyl (C=S) groups is 1. The maximum atomic E-state index is 12.5. The molecule has 2 amide bonds. The van der Waals surface area contributed by atoms with E-state index in [1.165, 1.54) is 10.5 Å². The molecule has 1 heterocycles. The quantitative estimate of drug-likeness (QED) is 0.392. The second-order valence-electron chi connectivity index (χ2n) is 6.01. The van der Waals surface area contributed by atoms with Crippen LogP contribution in [0.4, 0.5) is 0 Å². The van der Waals surface area contributed by atoms with E-state index in [9.17, 15) is 9.59 Å². The fourth-order valence-corrected chi connectivity index (χ4v) is 2.92. The number of aryl methyl sites for hydroxylation is 1. The molecule has 0 unspecified atom stereocenters. The first kappa shape index (κ1) is 17.8. The van der Waals surface area contributed by atoms with Crippen molar-refractivity contribution in [1.82, 2.24) is 10.2 Å². The molecule has 1 saturated heterocycles. The average Bonchev–Trinajstić information content (AvgIpc) is 2.63. The molecule has 3 rings (SSSR count). The zero-order chi connectivity index (χ0) is 18.7. The number of nitrogens with one attached hydrogen (secondary N) is 1. The van der Waals surface area contributed by atoms with Gasteiger partial charge >= 0.3 is 0 Å². The van der Waals surface area contributed by atoms with Crippen molar-refractivity contribution >= 4 is 35.2 Å². The second-order valence-corrected chi connectivity index (χ2v) is 6.40. The molecule has 0 aliphatic carbocycles. The topological polar surface area (TPSA) is 49.4 Å². The highest BCUT2D eigenvalue weighted by Crippen LogP contribution is 2.22. The van der Waals surface area contributed by atoms with Crippen molar-refractivity contribution in [3.63, 3.8) is 0 Å².